The van der Waals surface area contributed by atoms with E-state index < -0.39 is 0 Å². The molecule has 1 aliphatic heterocycles. The molecule has 4 nitrogen and oxygen atoms in total. The van der Waals surface area contributed by atoms with Gasteiger partial charge in [0.25, 0.3) is 0 Å². The molecule has 0 spiro atoms. The van der Waals surface area contributed by atoms with Crippen molar-refractivity contribution >= 4 is 17.9 Å². The van der Waals surface area contributed by atoms with Gasteiger partial charge >= 0.3 is 6.03 Å². The number of urea groups is 1. The average Bonchev–Trinajstić information content (AvgIpc) is 2.16. The van der Waals surface area contributed by atoms with E-state index in [4.69, 9.17) is 0 Å². The lowest BCUT2D eigenvalue weighted by Crippen LogP contribution is -2.34. The zero-order chi connectivity index (χ0) is 9.26. The number of pyridine rings is 1. The number of aromatic nitrogens is 1. The highest BCUT2D eigenvalue weighted by atomic mass is 16.2. The molecule has 1 aromatic rings. The van der Waals surface area contributed by atoms with E-state index in [1.807, 2.05) is 6.07 Å². The Morgan fingerprint density at radius 1 is 1.62 bits per heavy atom. The number of carbonyl (C=O) groups is 1. The Morgan fingerprint density at radius 3 is 3.23 bits per heavy atom. The SMILES string of the molecule is C=Cc1ccnc2c1CNC(=O)N2. The molecule has 0 aromatic carbocycles. The van der Waals surface area contributed by atoms with Gasteiger partial charge in [-0.25, -0.2) is 9.78 Å². The number of nitrogens with zero attached hydrogens (tertiary/aromatic N) is 1. The Labute approximate surface area is 75.7 Å². The van der Waals surface area contributed by atoms with Crippen molar-refractivity contribution in [1.29, 1.82) is 0 Å². The minimum absolute atomic E-state index is 0.207. The van der Waals surface area contributed by atoms with E-state index in [0.717, 1.165) is 11.1 Å². The van der Waals surface area contributed by atoms with E-state index in [0.29, 0.717) is 12.4 Å². The van der Waals surface area contributed by atoms with Gasteiger partial charge in [-0.2, -0.15) is 0 Å². The van der Waals surface area contributed by atoms with E-state index >= 15 is 0 Å². The Bertz CT molecular complexity index is 373. The van der Waals surface area contributed by atoms with Crippen molar-refractivity contribution < 1.29 is 4.79 Å². The van der Waals surface area contributed by atoms with Gasteiger partial charge in [-0.3, -0.25) is 5.32 Å². The third-order valence-electron chi connectivity index (χ3n) is 1.97. The standard InChI is InChI=1S/C9H9N3O/c1-2-6-3-4-10-8-7(6)5-11-9(13)12-8/h2-4H,1,5H2,(H2,10,11,12,13). The van der Waals surface area contributed by atoms with Gasteiger partial charge in [-0.15, -0.1) is 0 Å². The van der Waals surface area contributed by atoms with Crippen molar-refractivity contribution in [3.05, 3.63) is 30.0 Å². The van der Waals surface area contributed by atoms with Gasteiger partial charge in [0.2, 0.25) is 0 Å². The molecule has 0 unspecified atom stereocenters. The molecule has 2 rings (SSSR count). The number of hydrogen-bond donors (Lipinski definition) is 2. The monoisotopic (exact) mass is 175 g/mol. The van der Waals surface area contributed by atoms with Crippen molar-refractivity contribution in [3.8, 4) is 0 Å². The van der Waals surface area contributed by atoms with Gasteiger partial charge in [-0.05, 0) is 11.6 Å². The summed E-state index contributed by atoms with van der Waals surface area (Å²) in [4.78, 5) is 15.0. The van der Waals surface area contributed by atoms with Crippen molar-refractivity contribution in [2.45, 2.75) is 6.54 Å². The number of anilines is 1. The molecule has 0 atom stereocenters. The normalized spacial score (nSPS) is 14.0. The van der Waals surface area contributed by atoms with Crippen LogP contribution in [0.15, 0.2) is 18.8 Å². The maximum Gasteiger partial charge on any atom is 0.320 e. The molecule has 13 heavy (non-hydrogen) atoms. The second-order valence-electron chi connectivity index (χ2n) is 2.74. The van der Waals surface area contributed by atoms with Crippen LogP contribution < -0.4 is 10.6 Å². The molecular weight excluding hydrogens is 166 g/mol. The molecule has 2 N–H and O–H groups in total. The fraction of sp³-hybridized carbons (Fsp3) is 0.111. The largest absolute Gasteiger partial charge is 0.334 e. The summed E-state index contributed by atoms with van der Waals surface area (Å²) >= 11 is 0. The molecular formula is C9H9N3O. The van der Waals surface area contributed by atoms with E-state index in [-0.39, 0.29) is 6.03 Å². The van der Waals surface area contributed by atoms with Crippen LogP contribution in [0.4, 0.5) is 10.6 Å². The highest BCUT2D eigenvalue weighted by molar-refractivity contribution is 5.91. The first-order chi connectivity index (χ1) is 6.31. The first-order valence-corrected chi connectivity index (χ1v) is 3.96. The molecule has 0 aliphatic carbocycles. The number of nitrogens with one attached hydrogen (secondary N) is 2. The lowest BCUT2D eigenvalue weighted by Gasteiger charge is -2.18. The van der Waals surface area contributed by atoms with Crippen LogP contribution in [0.5, 0.6) is 0 Å². The van der Waals surface area contributed by atoms with Gasteiger partial charge < -0.3 is 5.32 Å². The summed E-state index contributed by atoms with van der Waals surface area (Å²) in [5.41, 5.74) is 1.98. The van der Waals surface area contributed by atoms with Crippen LogP contribution in [0.1, 0.15) is 11.1 Å². The van der Waals surface area contributed by atoms with E-state index in [1.54, 1.807) is 12.3 Å². The van der Waals surface area contributed by atoms with Crippen molar-refractivity contribution in [2.24, 2.45) is 0 Å². The molecule has 1 aliphatic rings. The van der Waals surface area contributed by atoms with Crippen LogP contribution in [0.2, 0.25) is 0 Å². The van der Waals surface area contributed by atoms with Crippen LogP contribution in [0, 0.1) is 0 Å². The lowest BCUT2D eigenvalue weighted by atomic mass is 10.1. The average molecular weight is 175 g/mol. The third kappa shape index (κ3) is 1.26. The third-order valence-corrected chi connectivity index (χ3v) is 1.97. The van der Waals surface area contributed by atoms with Gasteiger partial charge in [0.15, 0.2) is 0 Å². The molecule has 66 valence electrons. The smallest absolute Gasteiger partial charge is 0.320 e. The summed E-state index contributed by atoms with van der Waals surface area (Å²) in [6.07, 6.45) is 3.40. The predicted molar refractivity (Wildman–Crippen MR) is 50.2 cm³/mol. The second-order valence-corrected chi connectivity index (χ2v) is 2.74. The maximum absolute atomic E-state index is 10.9. The minimum Gasteiger partial charge on any atom is -0.334 e. The minimum atomic E-state index is -0.207. The summed E-state index contributed by atoms with van der Waals surface area (Å²) in [6.45, 7) is 4.20. The molecule has 0 saturated carbocycles. The number of amides is 2. The zero-order valence-electron chi connectivity index (χ0n) is 7.00. The van der Waals surface area contributed by atoms with E-state index in [9.17, 15) is 4.79 Å². The summed E-state index contributed by atoms with van der Waals surface area (Å²) in [5.74, 6) is 0.626. The van der Waals surface area contributed by atoms with Crippen molar-refractivity contribution in [1.82, 2.24) is 10.3 Å². The quantitative estimate of drug-likeness (QED) is 0.677. The number of rotatable bonds is 1. The van der Waals surface area contributed by atoms with Crippen molar-refractivity contribution in [3.63, 3.8) is 0 Å². The molecule has 2 heterocycles. The Morgan fingerprint density at radius 2 is 2.46 bits per heavy atom. The Kier molecular flexibility index (Phi) is 1.73. The number of fused-ring (bicyclic) bond motifs is 1. The van der Waals surface area contributed by atoms with Gasteiger partial charge in [0.05, 0.1) is 0 Å². The van der Waals surface area contributed by atoms with Gasteiger partial charge in [-0.1, -0.05) is 12.7 Å². The molecule has 1 aromatic heterocycles. The second kappa shape index (κ2) is 2.90. The molecule has 0 fully saturated rings. The molecule has 4 heteroatoms. The van der Waals surface area contributed by atoms with Crippen LogP contribution >= 0.6 is 0 Å². The highest BCUT2D eigenvalue weighted by Gasteiger charge is 2.16. The fourth-order valence-electron chi connectivity index (χ4n) is 1.31. The van der Waals surface area contributed by atoms with Crippen molar-refractivity contribution in [2.75, 3.05) is 5.32 Å². The topological polar surface area (TPSA) is 54.0 Å². The van der Waals surface area contributed by atoms with Gasteiger partial charge in [0.1, 0.15) is 5.82 Å². The first-order valence-electron chi connectivity index (χ1n) is 3.96. The van der Waals surface area contributed by atoms with Gasteiger partial charge in [0, 0.05) is 18.3 Å². The number of carbonyl (C=O) groups excluding carboxylic acids is 1. The lowest BCUT2D eigenvalue weighted by molar-refractivity contribution is 0.250. The molecule has 0 saturated heterocycles. The zero-order valence-corrected chi connectivity index (χ0v) is 7.00. The van der Waals surface area contributed by atoms with Crippen LogP contribution in [-0.2, 0) is 6.54 Å². The maximum atomic E-state index is 10.9. The Balaban J connectivity index is 2.51. The van der Waals surface area contributed by atoms with Crippen LogP contribution in [0.25, 0.3) is 6.08 Å². The molecule has 0 radical (unpaired) electrons. The first kappa shape index (κ1) is 7.79. The predicted octanol–water partition coefficient (Wildman–Crippen LogP) is 1.36. The fourth-order valence-corrected chi connectivity index (χ4v) is 1.31. The van der Waals surface area contributed by atoms with E-state index in [2.05, 4.69) is 22.2 Å². The van der Waals surface area contributed by atoms with Crippen LogP contribution in [0.3, 0.4) is 0 Å². The van der Waals surface area contributed by atoms with Crippen LogP contribution in [-0.4, -0.2) is 11.0 Å². The Hall–Kier alpha value is -1.84. The summed E-state index contributed by atoms with van der Waals surface area (Å²) in [6, 6.07) is 1.66. The highest BCUT2D eigenvalue weighted by Crippen LogP contribution is 2.20. The molecule has 2 amide bonds. The summed E-state index contributed by atoms with van der Waals surface area (Å²) in [5, 5.41) is 5.30. The van der Waals surface area contributed by atoms with E-state index in [1.165, 1.54) is 0 Å². The number of hydrogen-bond acceptors (Lipinski definition) is 2. The summed E-state index contributed by atoms with van der Waals surface area (Å²) in [7, 11) is 0. The summed E-state index contributed by atoms with van der Waals surface area (Å²) < 4.78 is 0. The molecule has 0 bridgehead atoms.